The van der Waals surface area contributed by atoms with Gasteiger partial charge in [0.1, 0.15) is 5.60 Å². The summed E-state index contributed by atoms with van der Waals surface area (Å²) in [4.78, 5) is 24.3. The molecule has 22 heavy (non-hydrogen) atoms. The Morgan fingerprint density at radius 3 is 2.14 bits per heavy atom. The number of alkyl carbamates (subject to hydrolysis) is 1. The van der Waals surface area contributed by atoms with Crippen LogP contribution in [0.3, 0.4) is 0 Å². The molecule has 0 aromatic rings. The van der Waals surface area contributed by atoms with E-state index in [0.717, 1.165) is 12.8 Å². The van der Waals surface area contributed by atoms with E-state index in [0.29, 0.717) is 12.3 Å². The number of rotatable bonds is 2. The van der Waals surface area contributed by atoms with E-state index < -0.39 is 11.7 Å². The quantitative estimate of drug-likeness (QED) is 0.822. The van der Waals surface area contributed by atoms with Gasteiger partial charge in [0, 0.05) is 17.5 Å². The van der Waals surface area contributed by atoms with Crippen molar-refractivity contribution in [1.82, 2.24) is 10.6 Å². The molecule has 5 nitrogen and oxygen atoms in total. The lowest BCUT2D eigenvalue weighted by atomic mass is 9.78. The van der Waals surface area contributed by atoms with Crippen LogP contribution in [0.15, 0.2) is 0 Å². The van der Waals surface area contributed by atoms with E-state index in [-0.39, 0.29) is 23.4 Å². The fourth-order valence-electron chi connectivity index (χ4n) is 2.69. The SMILES string of the molecule is C[C@H]1CC[C@H](C(=O)NC(C)(C)C)C[C@H]1NC(=O)OC(C)(C)C. The third kappa shape index (κ3) is 6.67. The average Bonchev–Trinajstić information content (AvgIpc) is 2.27. The standard InChI is InChI=1S/C17H32N2O3/c1-11-8-9-12(14(20)19-16(2,3)4)10-13(11)18-15(21)22-17(5,6)7/h11-13H,8-10H2,1-7H3,(H,18,21)(H,19,20)/t11-,12-,13+/m0/s1. The van der Waals surface area contributed by atoms with E-state index >= 15 is 0 Å². The second kappa shape index (κ2) is 6.88. The van der Waals surface area contributed by atoms with Crippen molar-refractivity contribution in [2.24, 2.45) is 11.8 Å². The summed E-state index contributed by atoms with van der Waals surface area (Å²) in [7, 11) is 0. The molecule has 0 heterocycles. The highest BCUT2D eigenvalue weighted by Crippen LogP contribution is 2.29. The van der Waals surface area contributed by atoms with Crippen LogP contribution in [0.25, 0.3) is 0 Å². The Morgan fingerprint density at radius 2 is 1.64 bits per heavy atom. The van der Waals surface area contributed by atoms with E-state index in [4.69, 9.17) is 4.74 Å². The normalized spacial score (nSPS) is 26.2. The fourth-order valence-corrected chi connectivity index (χ4v) is 2.69. The lowest BCUT2D eigenvalue weighted by Crippen LogP contribution is -2.50. The van der Waals surface area contributed by atoms with Crippen LogP contribution in [0, 0.1) is 11.8 Å². The van der Waals surface area contributed by atoms with Gasteiger partial charge in [0.05, 0.1) is 0 Å². The summed E-state index contributed by atoms with van der Waals surface area (Å²) in [5.74, 6) is 0.386. The van der Waals surface area contributed by atoms with Crippen LogP contribution in [-0.2, 0) is 9.53 Å². The predicted octanol–water partition coefficient (Wildman–Crippen LogP) is 3.23. The summed E-state index contributed by atoms with van der Waals surface area (Å²) in [6, 6.07) is -0.0145. The Balaban J connectivity index is 2.60. The number of amides is 2. The van der Waals surface area contributed by atoms with E-state index in [2.05, 4.69) is 17.6 Å². The smallest absolute Gasteiger partial charge is 0.407 e. The molecule has 5 heteroatoms. The summed E-state index contributed by atoms with van der Waals surface area (Å²) in [5, 5.41) is 5.96. The van der Waals surface area contributed by atoms with Crippen molar-refractivity contribution in [1.29, 1.82) is 0 Å². The highest BCUT2D eigenvalue weighted by Gasteiger charge is 2.34. The first-order valence-electron chi connectivity index (χ1n) is 8.19. The third-order valence-corrected chi connectivity index (χ3v) is 3.77. The second-order valence-corrected chi connectivity index (χ2v) is 8.48. The maximum Gasteiger partial charge on any atom is 0.407 e. The number of carbonyl (C=O) groups excluding carboxylic acids is 2. The average molecular weight is 312 g/mol. The molecule has 1 aliphatic rings. The number of nitrogens with one attached hydrogen (secondary N) is 2. The molecule has 3 atom stereocenters. The molecular weight excluding hydrogens is 280 g/mol. The van der Waals surface area contributed by atoms with Gasteiger partial charge in [0.2, 0.25) is 5.91 Å². The van der Waals surface area contributed by atoms with Crippen molar-refractivity contribution in [3.05, 3.63) is 0 Å². The largest absolute Gasteiger partial charge is 0.444 e. The Labute approximate surface area is 134 Å². The van der Waals surface area contributed by atoms with Gasteiger partial charge in [-0.2, -0.15) is 0 Å². The first-order valence-corrected chi connectivity index (χ1v) is 8.19. The van der Waals surface area contributed by atoms with E-state index in [1.165, 1.54) is 0 Å². The van der Waals surface area contributed by atoms with Crippen molar-refractivity contribution in [2.45, 2.75) is 84.9 Å². The Kier molecular flexibility index (Phi) is 5.88. The first-order chi connectivity index (χ1) is 9.87. The summed E-state index contributed by atoms with van der Waals surface area (Å²) in [6.07, 6.45) is 2.07. The zero-order valence-electron chi connectivity index (χ0n) is 15.1. The molecule has 0 saturated heterocycles. The topological polar surface area (TPSA) is 67.4 Å². The number of ether oxygens (including phenoxy) is 1. The maximum atomic E-state index is 12.3. The van der Waals surface area contributed by atoms with E-state index in [1.807, 2.05) is 41.5 Å². The number of hydrogen-bond donors (Lipinski definition) is 2. The molecule has 1 fully saturated rings. The Hall–Kier alpha value is -1.26. The Bertz CT molecular complexity index is 407. The lowest BCUT2D eigenvalue weighted by Gasteiger charge is -2.35. The van der Waals surface area contributed by atoms with Crippen molar-refractivity contribution >= 4 is 12.0 Å². The second-order valence-electron chi connectivity index (χ2n) is 8.48. The third-order valence-electron chi connectivity index (χ3n) is 3.77. The molecular formula is C17H32N2O3. The van der Waals surface area contributed by atoms with Gasteiger partial charge in [-0.15, -0.1) is 0 Å². The molecule has 0 unspecified atom stereocenters. The molecule has 2 amide bonds. The van der Waals surface area contributed by atoms with Crippen LogP contribution in [0.5, 0.6) is 0 Å². The molecule has 1 saturated carbocycles. The Morgan fingerprint density at radius 1 is 1.05 bits per heavy atom. The summed E-state index contributed by atoms with van der Waals surface area (Å²) in [6.45, 7) is 13.6. The summed E-state index contributed by atoms with van der Waals surface area (Å²) < 4.78 is 5.31. The minimum absolute atomic E-state index is 0.0145. The zero-order chi connectivity index (χ0) is 17.1. The fraction of sp³-hybridized carbons (Fsp3) is 0.882. The monoisotopic (exact) mass is 312 g/mol. The molecule has 0 spiro atoms. The van der Waals surface area contributed by atoms with Gasteiger partial charge in [-0.3, -0.25) is 4.79 Å². The lowest BCUT2D eigenvalue weighted by molar-refractivity contribution is -0.128. The molecule has 0 radical (unpaired) electrons. The molecule has 0 aliphatic heterocycles. The number of hydrogen-bond acceptors (Lipinski definition) is 3. The summed E-state index contributed by atoms with van der Waals surface area (Å²) in [5.41, 5.74) is -0.737. The highest BCUT2D eigenvalue weighted by atomic mass is 16.6. The van der Waals surface area contributed by atoms with Crippen molar-refractivity contribution in [3.63, 3.8) is 0 Å². The molecule has 2 N–H and O–H groups in total. The van der Waals surface area contributed by atoms with Gasteiger partial charge in [-0.05, 0) is 66.7 Å². The van der Waals surface area contributed by atoms with Crippen LogP contribution in [-0.4, -0.2) is 29.2 Å². The van der Waals surface area contributed by atoms with Crippen LogP contribution in [0.4, 0.5) is 4.79 Å². The molecule has 0 bridgehead atoms. The predicted molar refractivity (Wildman–Crippen MR) is 87.6 cm³/mol. The van der Waals surface area contributed by atoms with Crippen molar-refractivity contribution in [2.75, 3.05) is 0 Å². The van der Waals surface area contributed by atoms with E-state index in [9.17, 15) is 9.59 Å². The van der Waals surface area contributed by atoms with Gasteiger partial charge >= 0.3 is 6.09 Å². The summed E-state index contributed by atoms with van der Waals surface area (Å²) >= 11 is 0. The highest BCUT2D eigenvalue weighted by molar-refractivity contribution is 5.79. The van der Waals surface area contributed by atoms with Crippen LogP contribution < -0.4 is 10.6 Å². The van der Waals surface area contributed by atoms with E-state index in [1.54, 1.807) is 0 Å². The van der Waals surface area contributed by atoms with Crippen molar-refractivity contribution < 1.29 is 14.3 Å². The molecule has 1 rings (SSSR count). The van der Waals surface area contributed by atoms with Crippen LogP contribution in [0.1, 0.15) is 67.7 Å². The van der Waals surface area contributed by atoms with Crippen molar-refractivity contribution in [3.8, 4) is 0 Å². The minimum Gasteiger partial charge on any atom is -0.444 e. The first kappa shape index (κ1) is 18.8. The molecule has 0 aromatic carbocycles. The van der Waals surface area contributed by atoms with Crippen LogP contribution in [0.2, 0.25) is 0 Å². The van der Waals surface area contributed by atoms with Gasteiger partial charge < -0.3 is 15.4 Å². The number of carbonyl (C=O) groups is 2. The van der Waals surface area contributed by atoms with Gasteiger partial charge in [0.15, 0.2) is 0 Å². The molecule has 128 valence electrons. The van der Waals surface area contributed by atoms with Gasteiger partial charge in [0.25, 0.3) is 0 Å². The van der Waals surface area contributed by atoms with Gasteiger partial charge in [-0.25, -0.2) is 4.79 Å². The van der Waals surface area contributed by atoms with Crippen LogP contribution >= 0.6 is 0 Å². The zero-order valence-corrected chi connectivity index (χ0v) is 15.1. The maximum absolute atomic E-state index is 12.3. The molecule has 0 aromatic heterocycles. The van der Waals surface area contributed by atoms with Gasteiger partial charge in [-0.1, -0.05) is 6.92 Å². The molecule has 1 aliphatic carbocycles. The minimum atomic E-state index is -0.509.